The third-order valence-corrected chi connectivity index (χ3v) is 4.84. The number of nitrogen functional groups attached to an aromatic ring is 1. The Balaban J connectivity index is 2.05. The highest BCUT2D eigenvalue weighted by Crippen LogP contribution is 2.31. The van der Waals surface area contributed by atoms with E-state index in [1.165, 1.54) is 10.7 Å². The summed E-state index contributed by atoms with van der Waals surface area (Å²) >= 11 is 0. The van der Waals surface area contributed by atoms with Crippen LogP contribution in [0.4, 0.5) is 10.1 Å². The van der Waals surface area contributed by atoms with E-state index in [4.69, 9.17) is 5.73 Å². The van der Waals surface area contributed by atoms with Gasteiger partial charge >= 0.3 is 0 Å². The molecule has 5 heteroatoms. The summed E-state index contributed by atoms with van der Waals surface area (Å²) in [5.74, 6) is -0.395. The maximum Gasteiger partial charge on any atom is 0.279 e. The van der Waals surface area contributed by atoms with Crippen LogP contribution >= 0.6 is 0 Å². The van der Waals surface area contributed by atoms with E-state index in [9.17, 15) is 9.18 Å². The molecule has 1 heterocycles. The highest BCUT2D eigenvalue weighted by atomic mass is 19.1. The predicted molar refractivity (Wildman–Crippen MR) is 111 cm³/mol. The molecule has 28 heavy (non-hydrogen) atoms. The number of aromatic amines is 1. The molecule has 0 radical (unpaired) electrons. The molecule has 0 aliphatic heterocycles. The Morgan fingerprint density at radius 1 is 0.964 bits per heavy atom. The van der Waals surface area contributed by atoms with Crippen LogP contribution < -0.4 is 11.3 Å². The van der Waals surface area contributed by atoms with E-state index in [-0.39, 0.29) is 5.56 Å². The van der Waals surface area contributed by atoms with E-state index >= 15 is 0 Å². The molecule has 4 rings (SSSR count). The number of hydrogen-bond acceptors (Lipinski definition) is 2. The highest BCUT2D eigenvalue weighted by Gasteiger charge is 2.21. The van der Waals surface area contributed by atoms with Crippen molar-refractivity contribution in [3.05, 3.63) is 94.0 Å². The second-order valence-corrected chi connectivity index (χ2v) is 6.89. The number of aromatic nitrogens is 2. The van der Waals surface area contributed by atoms with Gasteiger partial charge < -0.3 is 5.73 Å². The molecule has 0 aliphatic rings. The quantitative estimate of drug-likeness (QED) is 0.505. The van der Waals surface area contributed by atoms with Crippen LogP contribution in [0.5, 0.6) is 0 Å². The first kappa shape index (κ1) is 17.8. The van der Waals surface area contributed by atoms with Crippen molar-refractivity contribution in [2.75, 3.05) is 5.73 Å². The summed E-state index contributed by atoms with van der Waals surface area (Å²) in [5.41, 5.74) is 10.7. The summed E-state index contributed by atoms with van der Waals surface area (Å²) in [7, 11) is 0. The molecular formula is C23H20FN3O. The molecule has 3 aromatic carbocycles. The Hall–Kier alpha value is -3.60. The van der Waals surface area contributed by atoms with Crippen LogP contribution in [0.25, 0.3) is 28.1 Å². The molecule has 0 unspecified atom stereocenters. The number of nitrogens with one attached hydrogen (secondary N) is 1. The van der Waals surface area contributed by atoms with Gasteiger partial charge in [-0.2, -0.15) is 0 Å². The van der Waals surface area contributed by atoms with E-state index in [0.717, 1.165) is 16.8 Å². The van der Waals surface area contributed by atoms with Crippen molar-refractivity contribution in [3.8, 4) is 28.1 Å². The van der Waals surface area contributed by atoms with E-state index in [0.29, 0.717) is 28.1 Å². The van der Waals surface area contributed by atoms with Gasteiger partial charge in [0.05, 0.1) is 16.9 Å². The number of halogens is 1. The predicted octanol–water partition coefficient (Wildman–Crippen LogP) is 4.84. The monoisotopic (exact) mass is 373 g/mol. The number of anilines is 1. The van der Waals surface area contributed by atoms with Crippen molar-refractivity contribution < 1.29 is 4.39 Å². The maximum atomic E-state index is 14.6. The number of nitrogens with zero attached hydrogens (tertiary/aromatic N) is 1. The fourth-order valence-electron chi connectivity index (χ4n) is 3.34. The van der Waals surface area contributed by atoms with Gasteiger partial charge in [0, 0.05) is 11.3 Å². The van der Waals surface area contributed by atoms with Crippen LogP contribution in [0, 0.1) is 19.7 Å². The number of benzene rings is 3. The molecule has 0 atom stereocenters. The van der Waals surface area contributed by atoms with Crippen LogP contribution in [0.15, 0.2) is 71.5 Å². The zero-order chi connectivity index (χ0) is 19.8. The molecular weight excluding hydrogens is 353 g/mol. The lowest BCUT2D eigenvalue weighted by Gasteiger charge is -2.07. The summed E-state index contributed by atoms with van der Waals surface area (Å²) in [5, 5.41) is 3.14. The molecule has 1 aromatic heterocycles. The Bertz CT molecular complexity index is 1220. The van der Waals surface area contributed by atoms with E-state index < -0.39 is 5.82 Å². The molecule has 4 nitrogen and oxygen atoms in total. The second-order valence-electron chi connectivity index (χ2n) is 6.89. The molecule has 0 amide bonds. The first-order valence-electron chi connectivity index (χ1n) is 8.99. The molecule has 0 fully saturated rings. The molecule has 3 N–H and O–H groups in total. The van der Waals surface area contributed by atoms with Crippen LogP contribution in [0.1, 0.15) is 11.1 Å². The van der Waals surface area contributed by atoms with E-state index in [2.05, 4.69) is 5.10 Å². The van der Waals surface area contributed by atoms with Crippen molar-refractivity contribution in [2.24, 2.45) is 0 Å². The van der Waals surface area contributed by atoms with Gasteiger partial charge in [0.2, 0.25) is 0 Å². The number of H-pyrrole nitrogens is 1. The standard InChI is InChI=1S/C23H20FN3O/c1-14-7-8-15(2)20(13-14)27-23(28)21(16-9-11-17(25)12-10-16)22(26-27)18-5-3-4-6-19(18)24/h3-13,26H,25H2,1-2H3. The van der Waals surface area contributed by atoms with Crippen molar-refractivity contribution in [1.82, 2.24) is 9.78 Å². The third kappa shape index (κ3) is 3.01. The molecule has 0 aliphatic carbocycles. The van der Waals surface area contributed by atoms with Gasteiger partial charge in [0.15, 0.2) is 0 Å². The fourth-order valence-corrected chi connectivity index (χ4v) is 3.34. The van der Waals surface area contributed by atoms with Gasteiger partial charge in [-0.1, -0.05) is 36.4 Å². The molecule has 0 saturated heterocycles. The van der Waals surface area contributed by atoms with E-state index in [1.54, 1.807) is 42.5 Å². The van der Waals surface area contributed by atoms with Crippen LogP contribution in [0.3, 0.4) is 0 Å². The zero-order valence-electron chi connectivity index (χ0n) is 15.7. The van der Waals surface area contributed by atoms with Crippen molar-refractivity contribution >= 4 is 5.69 Å². The average Bonchev–Trinajstić information content (AvgIpc) is 3.02. The molecule has 0 saturated carbocycles. The minimum Gasteiger partial charge on any atom is -0.399 e. The minimum absolute atomic E-state index is 0.239. The number of aryl methyl sites for hydroxylation is 2. The Morgan fingerprint density at radius 3 is 2.39 bits per heavy atom. The Kier molecular flexibility index (Phi) is 4.35. The summed E-state index contributed by atoms with van der Waals surface area (Å²) in [6.45, 7) is 3.91. The summed E-state index contributed by atoms with van der Waals surface area (Å²) in [4.78, 5) is 13.4. The SMILES string of the molecule is Cc1ccc(C)c(-n2[nH]c(-c3ccccc3F)c(-c3ccc(N)cc3)c2=O)c1. The van der Waals surface area contributed by atoms with Crippen LogP contribution in [0.2, 0.25) is 0 Å². The van der Waals surface area contributed by atoms with Crippen LogP contribution in [-0.2, 0) is 0 Å². The summed E-state index contributed by atoms with van der Waals surface area (Å²) in [6, 6.07) is 19.3. The van der Waals surface area contributed by atoms with Crippen LogP contribution in [-0.4, -0.2) is 9.78 Å². The lowest BCUT2D eigenvalue weighted by Crippen LogP contribution is -2.16. The fraction of sp³-hybridized carbons (Fsp3) is 0.0870. The van der Waals surface area contributed by atoms with Gasteiger partial charge in [-0.15, -0.1) is 0 Å². The highest BCUT2D eigenvalue weighted by molar-refractivity contribution is 5.81. The minimum atomic E-state index is -0.395. The largest absolute Gasteiger partial charge is 0.399 e. The smallest absolute Gasteiger partial charge is 0.279 e. The second kappa shape index (κ2) is 6.85. The first-order chi connectivity index (χ1) is 13.5. The summed E-state index contributed by atoms with van der Waals surface area (Å²) < 4.78 is 16.1. The number of nitrogens with two attached hydrogens (primary N) is 1. The summed E-state index contributed by atoms with van der Waals surface area (Å²) in [6.07, 6.45) is 0. The molecule has 0 bridgehead atoms. The molecule has 0 spiro atoms. The Labute approximate surface area is 162 Å². The topological polar surface area (TPSA) is 63.8 Å². The number of hydrogen-bond donors (Lipinski definition) is 2. The van der Waals surface area contributed by atoms with Gasteiger partial charge in [-0.3, -0.25) is 9.89 Å². The van der Waals surface area contributed by atoms with Crippen molar-refractivity contribution in [2.45, 2.75) is 13.8 Å². The maximum absolute atomic E-state index is 14.6. The normalized spacial score (nSPS) is 11.0. The molecule has 140 valence electrons. The zero-order valence-corrected chi connectivity index (χ0v) is 15.7. The van der Waals surface area contributed by atoms with Gasteiger partial charge in [0.1, 0.15) is 5.82 Å². The average molecular weight is 373 g/mol. The third-order valence-electron chi connectivity index (χ3n) is 4.84. The van der Waals surface area contributed by atoms with Crippen molar-refractivity contribution in [3.63, 3.8) is 0 Å². The van der Waals surface area contributed by atoms with Gasteiger partial charge in [-0.25, -0.2) is 9.07 Å². The lowest BCUT2D eigenvalue weighted by atomic mass is 10.0. The van der Waals surface area contributed by atoms with Crippen molar-refractivity contribution in [1.29, 1.82) is 0 Å². The number of rotatable bonds is 3. The Morgan fingerprint density at radius 2 is 1.68 bits per heavy atom. The lowest BCUT2D eigenvalue weighted by molar-refractivity contribution is 0.630. The first-order valence-corrected chi connectivity index (χ1v) is 8.99. The van der Waals surface area contributed by atoms with E-state index in [1.807, 2.05) is 32.0 Å². The molecule has 4 aromatic rings. The van der Waals surface area contributed by atoms with Gasteiger partial charge in [0.25, 0.3) is 5.56 Å². The van der Waals surface area contributed by atoms with Gasteiger partial charge in [-0.05, 0) is 60.9 Å².